The molecular weight excluding hydrogens is 244 g/mol. The summed E-state index contributed by atoms with van der Waals surface area (Å²) < 4.78 is 5.41. The van der Waals surface area contributed by atoms with E-state index in [9.17, 15) is 15.0 Å². The van der Waals surface area contributed by atoms with Crippen molar-refractivity contribution < 1.29 is 19.7 Å². The van der Waals surface area contributed by atoms with Gasteiger partial charge in [0.05, 0.1) is 12.2 Å². The monoisotopic (exact) mass is 266 g/mol. The molecule has 3 fully saturated rings. The van der Waals surface area contributed by atoms with E-state index in [-0.39, 0.29) is 35.2 Å². The van der Waals surface area contributed by atoms with E-state index in [0.29, 0.717) is 18.4 Å². The van der Waals surface area contributed by atoms with Crippen LogP contribution in [-0.4, -0.2) is 34.5 Å². The van der Waals surface area contributed by atoms with Gasteiger partial charge in [-0.25, -0.2) is 4.79 Å². The van der Waals surface area contributed by atoms with E-state index in [1.165, 1.54) is 0 Å². The van der Waals surface area contributed by atoms with E-state index in [1.54, 1.807) is 0 Å². The molecule has 2 N–H and O–H groups in total. The first kappa shape index (κ1) is 13.1. The number of aliphatic hydroxyl groups excluding tert-OH is 2. The molecule has 2 saturated carbocycles. The molecule has 1 aliphatic heterocycles. The summed E-state index contributed by atoms with van der Waals surface area (Å²) in [5.41, 5.74) is 0.183. The Morgan fingerprint density at radius 2 is 2.05 bits per heavy atom. The third-order valence-corrected chi connectivity index (χ3v) is 5.70. The summed E-state index contributed by atoms with van der Waals surface area (Å²) in [6, 6.07) is 0. The van der Waals surface area contributed by atoms with Crippen LogP contribution in [-0.2, 0) is 9.53 Å². The van der Waals surface area contributed by atoms with Crippen LogP contribution in [0.5, 0.6) is 0 Å². The first-order chi connectivity index (χ1) is 8.84. The molecular formula is C15H22O4. The summed E-state index contributed by atoms with van der Waals surface area (Å²) in [4.78, 5) is 11.7. The third kappa shape index (κ3) is 1.69. The lowest BCUT2D eigenvalue weighted by atomic mass is 9.69. The van der Waals surface area contributed by atoms with Crippen LogP contribution in [0.1, 0.15) is 33.1 Å². The number of carbonyl (C=O) groups is 1. The Morgan fingerprint density at radius 3 is 2.74 bits per heavy atom. The second-order valence-electron chi connectivity index (χ2n) is 6.84. The average Bonchev–Trinajstić information content (AvgIpc) is 2.63. The standard InChI is InChI=1S/C15H22O4/c1-7-4-11-9(8(2)14(18)19-11)6-15(3)12(17)5-10(16)13(7)15/h7,9-13,16-17H,2,4-6H2,1,3H3/t7?,9-,10?,11+,12?,13?,15-/m1/s1. The molecule has 3 rings (SSSR count). The van der Waals surface area contributed by atoms with Crippen molar-refractivity contribution >= 4 is 5.97 Å². The van der Waals surface area contributed by atoms with E-state index in [0.717, 1.165) is 6.42 Å². The van der Waals surface area contributed by atoms with E-state index >= 15 is 0 Å². The molecule has 0 bridgehead atoms. The lowest BCUT2D eigenvalue weighted by Crippen LogP contribution is -2.37. The van der Waals surface area contributed by atoms with Gasteiger partial charge in [0.25, 0.3) is 0 Å². The summed E-state index contributed by atoms with van der Waals surface area (Å²) >= 11 is 0. The molecule has 0 spiro atoms. The highest BCUT2D eigenvalue weighted by Crippen LogP contribution is 2.56. The summed E-state index contributed by atoms with van der Waals surface area (Å²) in [6.45, 7) is 7.98. The van der Waals surface area contributed by atoms with Crippen LogP contribution in [0, 0.1) is 23.2 Å². The Hall–Kier alpha value is -0.870. The summed E-state index contributed by atoms with van der Waals surface area (Å²) in [7, 11) is 0. The summed E-state index contributed by atoms with van der Waals surface area (Å²) in [5.74, 6) is -0.00682. The lowest BCUT2D eigenvalue weighted by Gasteiger charge is -2.37. The van der Waals surface area contributed by atoms with Crippen LogP contribution >= 0.6 is 0 Å². The van der Waals surface area contributed by atoms with E-state index in [1.807, 2.05) is 6.92 Å². The van der Waals surface area contributed by atoms with Gasteiger partial charge in [-0.3, -0.25) is 0 Å². The minimum absolute atomic E-state index is 0.00935. The largest absolute Gasteiger partial charge is 0.458 e. The highest BCUT2D eigenvalue weighted by atomic mass is 16.6. The molecule has 2 aliphatic carbocycles. The molecule has 0 aromatic rings. The fourth-order valence-corrected chi connectivity index (χ4v) is 4.73. The van der Waals surface area contributed by atoms with Crippen molar-refractivity contribution in [3.63, 3.8) is 0 Å². The lowest BCUT2D eigenvalue weighted by molar-refractivity contribution is -0.139. The minimum Gasteiger partial charge on any atom is -0.458 e. The molecule has 4 heteroatoms. The van der Waals surface area contributed by atoms with E-state index in [4.69, 9.17) is 4.74 Å². The predicted octanol–water partition coefficient (Wildman–Crippen LogP) is 1.26. The van der Waals surface area contributed by atoms with Crippen LogP contribution in [0.15, 0.2) is 12.2 Å². The molecule has 7 atom stereocenters. The van der Waals surface area contributed by atoms with Crippen LogP contribution in [0.2, 0.25) is 0 Å². The van der Waals surface area contributed by atoms with Gasteiger partial charge in [0.1, 0.15) is 6.10 Å². The maximum absolute atomic E-state index is 11.7. The molecule has 1 saturated heterocycles. The van der Waals surface area contributed by atoms with Crippen molar-refractivity contribution in [2.45, 2.75) is 51.4 Å². The zero-order chi connectivity index (χ0) is 13.9. The van der Waals surface area contributed by atoms with Gasteiger partial charge >= 0.3 is 5.97 Å². The fraction of sp³-hybridized carbons (Fsp3) is 0.800. The van der Waals surface area contributed by atoms with Crippen molar-refractivity contribution in [1.82, 2.24) is 0 Å². The second kappa shape index (κ2) is 4.06. The molecule has 3 aliphatic rings. The van der Waals surface area contributed by atoms with Crippen LogP contribution in [0.3, 0.4) is 0 Å². The van der Waals surface area contributed by atoms with E-state index < -0.39 is 12.2 Å². The van der Waals surface area contributed by atoms with Gasteiger partial charge in [-0.15, -0.1) is 0 Å². The molecule has 0 aromatic heterocycles. The number of esters is 1. The van der Waals surface area contributed by atoms with Crippen molar-refractivity contribution in [2.24, 2.45) is 23.2 Å². The third-order valence-electron chi connectivity index (χ3n) is 5.70. The molecule has 0 amide bonds. The molecule has 19 heavy (non-hydrogen) atoms. The number of rotatable bonds is 0. The first-order valence-corrected chi connectivity index (χ1v) is 7.10. The quantitative estimate of drug-likeness (QED) is 0.512. The molecule has 4 nitrogen and oxygen atoms in total. The number of ether oxygens (including phenoxy) is 1. The Morgan fingerprint density at radius 1 is 1.37 bits per heavy atom. The Balaban J connectivity index is 1.98. The van der Waals surface area contributed by atoms with Crippen molar-refractivity contribution in [2.75, 3.05) is 0 Å². The molecule has 1 heterocycles. The molecule has 106 valence electrons. The van der Waals surface area contributed by atoms with Gasteiger partial charge < -0.3 is 14.9 Å². The van der Waals surface area contributed by atoms with Crippen molar-refractivity contribution in [1.29, 1.82) is 0 Å². The smallest absolute Gasteiger partial charge is 0.334 e. The highest BCUT2D eigenvalue weighted by Gasteiger charge is 2.58. The maximum atomic E-state index is 11.7. The number of hydrogen-bond donors (Lipinski definition) is 2. The van der Waals surface area contributed by atoms with Crippen LogP contribution < -0.4 is 0 Å². The van der Waals surface area contributed by atoms with Gasteiger partial charge in [0.15, 0.2) is 0 Å². The highest BCUT2D eigenvalue weighted by molar-refractivity contribution is 5.90. The van der Waals surface area contributed by atoms with Crippen LogP contribution in [0.25, 0.3) is 0 Å². The number of hydrogen-bond acceptors (Lipinski definition) is 4. The summed E-state index contributed by atoms with van der Waals surface area (Å²) in [5, 5.41) is 20.6. The van der Waals surface area contributed by atoms with Crippen molar-refractivity contribution in [3.8, 4) is 0 Å². The zero-order valence-corrected chi connectivity index (χ0v) is 11.5. The van der Waals surface area contributed by atoms with E-state index in [2.05, 4.69) is 13.5 Å². The topological polar surface area (TPSA) is 66.8 Å². The zero-order valence-electron chi connectivity index (χ0n) is 11.5. The fourth-order valence-electron chi connectivity index (χ4n) is 4.73. The second-order valence-corrected chi connectivity index (χ2v) is 6.84. The predicted molar refractivity (Wildman–Crippen MR) is 69.1 cm³/mol. The first-order valence-electron chi connectivity index (χ1n) is 7.10. The molecule has 0 aromatic carbocycles. The van der Waals surface area contributed by atoms with Crippen LogP contribution in [0.4, 0.5) is 0 Å². The average molecular weight is 266 g/mol. The molecule has 0 radical (unpaired) electrons. The van der Waals surface area contributed by atoms with Gasteiger partial charge in [-0.1, -0.05) is 20.4 Å². The Bertz CT molecular complexity index is 432. The number of aliphatic hydroxyl groups is 2. The Labute approximate surface area is 113 Å². The van der Waals surface area contributed by atoms with Gasteiger partial charge in [-0.2, -0.15) is 0 Å². The minimum atomic E-state index is -0.516. The number of fused-ring (bicyclic) bond motifs is 2. The maximum Gasteiger partial charge on any atom is 0.334 e. The van der Waals surface area contributed by atoms with Gasteiger partial charge in [0.2, 0.25) is 0 Å². The van der Waals surface area contributed by atoms with Crippen molar-refractivity contribution in [3.05, 3.63) is 12.2 Å². The van der Waals surface area contributed by atoms with Gasteiger partial charge in [0, 0.05) is 17.9 Å². The SMILES string of the molecule is C=C1C(=O)O[C@H]2CC(C)C3C(O)CC(O)[C@@]3(C)C[C@H]12. The normalized spacial score (nSPS) is 53.5. The van der Waals surface area contributed by atoms with Gasteiger partial charge in [-0.05, 0) is 30.1 Å². The summed E-state index contributed by atoms with van der Waals surface area (Å²) in [6.07, 6.45) is 0.755. The number of carbonyl (C=O) groups excluding carboxylic acids is 1. The Kier molecular flexibility index (Phi) is 2.81. The molecule has 4 unspecified atom stereocenters.